The number of benzene rings is 2. The maximum absolute atomic E-state index is 13.8. The van der Waals surface area contributed by atoms with Crippen LogP contribution in [0.2, 0.25) is 5.02 Å². The second-order valence-electron chi connectivity index (χ2n) is 7.89. The molecule has 6 heteroatoms. The van der Waals surface area contributed by atoms with Crippen molar-refractivity contribution in [2.75, 3.05) is 5.32 Å². The van der Waals surface area contributed by atoms with Crippen LogP contribution in [-0.2, 0) is 15.0 Å². The Hall–Kier alpha value is -2.11. The number of anilines is 1. The van der Waals surface area contributed by atoms with Gasteiger partial charge in [0, 0.05) is 27.5 Å². The number of rotatable bonds is 3. The first-order valence-corrected chi connectivity index (χ1v) is 10.8. The number of halogens is 2. The summed E-state index contributed by atoms with van der Waals surface area (Å²) in [5, 5.41) is 6.78. The maximum atomic E-state index is 13.8. The first kappa shape index (κ1) is 20.2. The van der Waals surface area contributed by atoms with Crippen LogP contribution in [0.25, 0.3) is 0 Å². The van der Waals surface area contributed by atoms with Gasteiger partial charge in [-0.1, -0.05) is 64.8 Å². The zero-order chi connectivity index (χ0) is 21.0. The largest absolute Gasteiger partial charge is 0.346 e. The third-order valence-electron chi connectivity index (χ3n) is 6.49. The molecule has 0 bridgehead atoms. The molecule has 2 heterocycles. The Morgan fingerprint density at radius 1 is 1.28 bits per heavy atom. The molecule has 1 fully saturated rings. The van der Waals surface area contributed by atoms with Gasteiger partial charge in [-0.05, 0) is 48.7 Å². The zero-order valence-corrected chi connectivity index (χ0v) is 18.7. The Kier molecular flexibility index (Phi) is 4.87. The van der Waals surface area contributed by atoms with E-state index >= 15 is 0 Å². The van der Waals surface area contributed by atoms with E-state index in [1.54, 1.807) is 6.07 Å². The van der Waals surface area contributed by atoms with Gasteiger partial charge in [0.1, 0.15) is 5.41 Å². The molecular weight excluding hydrogens is 452 g/mol. The van der Waals surface area contributed by atoms with E-state index in [0.29, 0.717) is 11.4 Å². The summed E-state index contributed by atoms with van der Waals surface area (Å²) in [5.41, 5.74) is 1.31. The summed E-state index contributed by atoms with van der Waals surface area (Å²) in [6.07, 6.45) is 0.829. The van der Waals surface area contributed by atoms with Gasteiger partial charge < -0.3 is 10.6 Å². The molecule has 0 aromatic heterocycles. The van der Waals surface area contributed by atoms with Gasteiger partial charge in [0.05, 0.1) is 5.54 Å². The van der Waals surface area contributed by atoms with E-state index in [0.717, 1.165) is 26.9 Å². The highest BCUT2D eigenvalue weighted by atomic mass is 79.9. The Balaban J connectivity index is 2.07. The summed E-state index contributed by atoms with van der Waals surface area (Å²) >= 11 is 9.78. The Morgan fingerprint density at radius 3 is 2.72 bits per heavy atom. The number of nitrogens with one attached hydrogen (secondary N) is 2. The van der Waals surface area contributed by atoms with Gasteiger partial charge in [-0.25, -0.2) is 0 Å². The van der Waals surface area contributed by atoms with Gasteiger partial charge in [0.25, 0.3) is 0 Å². The lowest BCUT2D eigenvalue weighted by molar-refractivity contribution is -0.133. The van der Waals surface area contributed by atoms with E-state index in [9.17, 15) is 9.59 Å². The van der Waals surface area contributed by atoms with Crippen molar-refractivity contribution < 1.29 is 9.59 Å². The monoisotopic (exact) mass is 472 g/mol. The molecule has 150 valence electrons. The Morgan fingerprint density at radius 2 is 2.03 bits per heavy atom. The summed E-state index contributed by atoms with van der Waals surface area (Å²) in [6.45, 7) is 8.18. The molecule has 2 aliphatic rings. The van der Waals surface area contributed by atoms with Gasteiger partial charge in [0.15, 0.2) is 0 Å². The molecule has 0 aliphatic carbocycles. The molecule has 1 saturated heterocycles. The maximum Gasteiger partial charge on any atom is 0.238 e. The topological polar surface area (TPSA) is 58.2 Å². The first-order chi connectivity index (χ1) is 13.7. The SMILES string of the molecule is C=C(CC)[C@]1(C)NC(=O)C[C@@H](c2cccc(Cl)c2)[C@]12C(=O)Nc1cc(Br)ccc12. The Bertz CT molecular complexity index is 1050. The van der Waals surface area contributed by atoms with Crippen LogP contribution in [0.15, 0.2) is 59.1 Å². The molecule has 0 unspecified atom stereocenters. The minimum absolute atomic E-state index is 0.101. The third-order valence-corrected chi connectivity index (χ3v) is 7.22. The summed E-state index contributed by atoms with van der Waals surface area (Å²) in [6, 6.07) is 13.3. The van der Waals surface area contributed by atoms with Crippen LogP contribution >= 0.6 is 27.5 Å². The van der Waals surface area contributed by atoms with E-state index in [1.165, 1.54) is 0 Å². The van der Waals surface area contributed by atoms with E-state index in [-0.39, 0.29) is 24.2 Å². The van der Waals surface area contributed by atoms with E-state index < -0.39 is 11.0 Å². The van der Waals surface area contributed by atoms with Crippen LogP contribution in [0.3, 0.4) is 0 Å². The number of carbonyl (C=O) groups is 2. The van der Waals surface area contributed by atoms with Crippen molar-refractivity contribution in [1.82, 2.24) is 5.32 Å². The van der Waals surface area contributed by atoms with Crippen LogP contribution in [0.5, 0.6) is 0 Å². The van der Waals surface area contributed by atoms with Crippen molar-refractivity contribution in [2.24, 2.45) is 0 Å². The minimum Gasteiger partial charge on any atom is -0.346 e. The van der Waals surface area contributed by atoms with Gasteiger partial charge in [-0.15, -0.1) is 0 Å². The average molecular weight is 474 g/mol. The van der Waals surface area contributed by atoms with Crippen molar-refractivity contribution in [3.05, 3.63) is 75.2 Å². The van der Waals surface area contributed by atoms with Gasteiger partial charge >= 0.3 is 0 Å². The normalized spacial score (nSPS) is 28.1. The number of hydrogen-bond acceptors (Lipinski definition) is 2. The fourth-order valence-electron chi connectivity index (χ4n) is 5.08. The van der Waals surface area contributed by atoms with Gasteiger partial charge in [-0.3, -0.25) is 9.59 Å². The van der Waals surface area contributed by atoms with Crippen LogP contribution in [0, 0.1) is 0 Å². The van der Waals surface area contributed by atoms with Gasteiger partial charge in [0.2, 0.25) is 11.8 Å². The first-order valence-electron chi connectivity index (χ1n) is 9.60. The molecule has 2 aromatic carbocycles. The summed E-state index contributed by atoms with van der Waals surface area (Å²) in [7, 11) is 0. The van der Waals surface area contributed by atoms with Gasteiger partial charge in [-0.2, -0.15) is 0 Å². The highest BCUT2D eigenvalue weighted by Gasteiger charge is 2.66. The standard InChI is InChI=1S/C23H22BrClN2O2/c1-4-13(2)22(3)23(17-9-8-15(24)11-19(17)26-21(23)29)18(12-20(28)27-22)14-6-5-7-16(25)10-14/h5-11,18H,2,4,12H2,1,3H3,(H,26,29)(H,27,28)/t18-,22-,23+/m0/s1. The second-order valence-corrected chi connectivity index (χ2v) is 9.25. The average Bonchev–Trinajstić information content (AvgIpc) is 2.96. The molecule has 4 rings (SSSR count). The zero-order valence-electron chi connectivity index (χ0n) is 16.3. The van der Waals surface area contributed by atoms with Crippen molar-refractivity contribution in [1.29, 1.82) is 0 Å². The lowest BCUT2D eigenvalue weighted by Gasteiger charge is -2.54. The fourth-order valence-corrected chi connectivity index (χ4v) is 5.64. The molecule has 2 N–H and O–H groups in total. The highest BCUT2D eigenvalue weighted by molar-refractivity contribution is 9.10. The lowest BCUT2D eigenvalue weighted by atomic mass is 9.53. The minimum atomic E-state index is -1.03. The third kappa shape index (κ3) is 2.78. The Labute approximate surface area is 183 Å². The van der Waals surface area contributed by atoms with Crippen molar-refractivity contribution >= 4 is 45.0 Å². The molecular formula is C23H22BrClN2O2. The van der Waals surface area contributed by atoms with Crippen molar-refractivity contribution in [3.63, 3.8) is 0 Å². The molecule has 2 aromatic rings. The van der Waals surface area contributed by atoms with E-state index in [4.69, 9.17) is 11.6 Å². The molecule has 1 spiro atoms. The number of amides is 2. The van der Waals surface area contributed by atoms with Crippen LogP contribution in [0.1, 0.15) is 43.7 Å². The molecule has 3 atom stereocenters. The quantitative estimate of drug-likeness (QED) is 0.593. The smallest absolute Gasteiger partial charge is 0.238 e. The van der Waals surface area contributed by atoms with E-state index in [2.05, 4.69) is 33.1 Å². The predicted molar refractivity (Wildman–Crippen MR) is 119 cm³/mol. The molecule has 4 nitrogen and oxygen atoms in total. The van der Waals surface area contributed by atoms with Crippen LogP contribution in [0.4, 0.5) is 5.69 Å². The van der Waals surface area contributed by atoms with Crippen molar-refractivity contribution in [3.8, 4) is 0 Å². The van der Waals surface area contributed by atoms with Crippen LogP contribution in [-0.4, -0.2) is 17.4 Å². The molecule has 29 heavy (non-hydrogen) atoms. The molecule has 0 radical (unpaired) electrons. The summed E-state index contributed by atoms with van der Waals surface area (Å²) < 4.78 is 0.878. The number of hydrogen-bond donors (Lipinski definition) is 2. The highest BCUT2D eigenvalue weighted by Crippen LogP contribution is 2.58. The lowest BCUT2D eigenvalue weighted by Crippen LogP contribution is -2.70. The summed E-state index contributed by atoms with van der Waals surface area (Å²) in [5.74, 6) is -0.616. The summed E-state index contributed by atoms with van der Waals surface area (Å²) in [4.78, 5) is 26.6. The second kappa shape index (κ2) is 6.99. The predicted octanol–water partition coefficient (Wildman–Crippen LogP) is 5.32. The molecule has 2 aliphatic heterocycles. The van der Waals surface area contributed by atoms with E-state index in [1.807, 2.05) is 50.2 Å². The van der Waals surface area contributed by atoms with Crippen molar-refractivity contribution in [2.45, 2.75) is 43.6 Å². The number of carbonyl (C=O) groups excluding carboxylic acids is 2. The molecule has 2 amide bonds. The number of fused-ring (bicyclic) bond motifs is 2. The number of piperidine rings is 1. The molecule has 0 saturated carbocycles. The van der Waals surface area contributed by atoms with Crippen LogP contribution < -0.4 is 10.6 Å². The fraction of sp³-hybridized carbons (Fsp3) is 0.304.